The van der Waals surface area contributed by atoms with Gasteiger partial charge in [0.2, 0.25) is 5.82 Å². The Kier molecular flexibility index (Phi) is 3.83. The molecule has 1 aromatic carbocycles. The molecular formula is C14H13FN6O2. The van der Waals surface area contributed by atoms with Gasteiger partial charge in [-0.15, -0.1) is 5.10 Å². The molecule has 2 aromatic heterocycles. The molecule has 0 radical (unpaired) electrons. The number of aromatic nitrogens is 5. The number of carbonyl (C=O) groups is 1. The maximum Gasteiger partial charge on any atom is 0.316 e. The predicted octanol–water partition coefficient (Wildman–Crippen LogP) is 1.59. The van der Waals surface area contributed by atoms with Gasteiger partial charge >= 0.3 is 11.8 Å². The molecule has 0 unspecified atom stereocenters. The summed E-state index contributed by atoms with van der Waals surface area (Å²) in [5.41, 5.74) is 0.812. The van der Waals surface area contributed by atoms with E-state index in [2.05, 4.69) is 25.8 Å². The smallest absolute Gasteiger partial charge is 0.316 e. The average molecular weight is 316 g/mol. The first-order chi connectivity index (χ1) is 11.0. The molecule has 2 heterocycles. The van der Waals surface area contributed by atoms with Crippen LogP contribution < -0.4 is 5.32 Å². The topological polar surface area (TPSA) is 98.7 Å². The minimum atomic E-state index is -0.462. The molecule has 1 N–H and O–H groups in total. The largest absolute Gasteiger partial charge is 0.346 e. The highest BCUT2D eigenvalue weighted by molar-refractivity contribution is 5.89. The van der Waals surface area contributed by atoms with E-state index in [1.54, 1.807) is 12.1 Å². The van der Waals surface area contributed by atoms with Crippen molar-refractivity contribution in [1.29, 1.82) is 0 Å². The number of hydrogen-bond acceptors (Lipinski definition) is 6. The third kappa shape index (κ3) is 3.23. The lowest BCUT2D eigenvalue weighted by Crippen LogP contribution is -2.30. The van der Waals surface area contributed by atoms with E-state index in [0.29, 0.717) is 11.4 Å². The fraction of sp³-hybridized carbons (Fsp3) is 0.214. The van der Waals surface area contributed by atoms with Crippen LogP contribution >= 0.6 is 0 Å². The summed E-state index contributed by atoms with van der Waals surface area (Å²) in [6.07, 6.45) is 1.52. The SMILES string of the molecule is CC(C)NC(=O)c1nc(-c2cn(-c3cccc(F)c3)nn2)no1. The molecule has 118 valence electrons. The van der Waals surface area contributed by atoms with Gasteiger partial charge in [0.05, 0.1) is 11.9 Å². The van der Waals surface area contributed by atoms with Gasteiger partial charge in [-0.25, -0.2) is 9.07 Å². The van der Waals surface area contributed by atoms with E-state index in [1.807, 2.05) is 13.8 Å². The molecule has 0 fully saturated rings. The molecule has 0 spiro atoms. The lowest BCUT2D eigenvalue weighted by Gasteiger charge is -2.03. The monoisotopic (exact) mass is 316 g/mol. The van der Waals surface area contributed by atoms with Crippen LogP contribution in [-0.4, -0.2) is 37.1 Å². The Morgan fingerprint density at radius 2 is 2.22 bits per heavy atom. The van der Waals surface area contributed by atoms with Crippen LogP contribution in [0.5, 0.6) is 0 Å². The highest BCUT2D eigenvalue weighted by Crippen LogP contribution is 2.15. The fourth-order valence-corrected chi connectivity index (χ4v) is 1.85. The molecule has 0 bridgehead atoms. The Morgan fingerprint density at radius 3 is 2.96 bits per heavy atom. The molecule has 0 aliphatic carbocycles. The third-order valence-corrected chi connectivity index (χ3v) is 2.84. The van der Waals surface area contributed by atoms with Crippen molar-refractivity contribution in [2.45, 2.75) is 19.9 Å². The number of halogens is 1. The second kappa shape index (κ2) is 5.95. The first-order valence-electron chi connectivity index (χ1n) is 6.86. The standard InChI is InChI=1S/C14H13FN6O2/c1-8(2)16-13(22)14-17-12(19-23-14)11-7-21(20-18-11)10-5-3-4-9(15)6-10/h3-8H,1-2H3,(H,16,22). The zero-order valence-electron chi connectivity index (χ0n) is 12.4. The number of benzene rings is 1. The van der Waals surface area contributed by atoms with E-state index in [1.165, 1.54) is 23.0 Å². The van der Waals surface area contributed by atoms with Gasteiger partial charge in [-0.1, -0.05) is 16.4 Å². The van der Waals surface area contributed by atoms with Crippen molar-refractivity contribution in [2.24, 2.45) is 0 Å². The lowest BCUT2D eigenvalue weighted by atomic mass is 10.3. The summed E-state index contributed by atoms with van der Waals surface area (Å²) in [5.74, 6) is -0.876. The van der Waals surface area contributed by atoms with Crippen LogP contribution in [0.25, 0.3) is 17.2 Å². The molecule has 0 saturated heterocycles. The van der Waals surface area contributed by atoms with Crippen LogP contribution in [0.2, 0.25) is 0 Å². The van der Waals surface area contributed by atoms with Crippen molar-refractivity contribution >= 4 is 5.91 Å². The lowest BCUT2D eigenvalue weighted by molar-refractivity contribution is 0.0899. The molecule has 9 heteroatoms. The van der Waals surface area contributed by atoms with Crippen LogP contribution in [0.3, 0.4) is 0 Å². The second-order valence-corrected chi connectivity index (χ2v) is 5.08. The van der Waals surface area contributed by atoms with E-state index in [0.717, 1.165) is 0 Å². The normalized spacial score (nSPS) is 11.0. The molecule has 8 nitrogen and oxygen atoms in total. The zero-order chi connectivity index (χ0) is 16.4. The van der Waals surface area contributed by atoms with Crippen LogP contribution in [0.1, 0.15) is 24.5 Å². The second-order valence-electron chi connectivity index (χ2n) is 5.08. The van der Waals surface area contributed by atoms with Crippen molar-refractivity contribution in [3.05, 3.63) is 42.2 Å². The summed E-state index contributed by atoms with van der Waals surface area (Å²) >= 11 is 0. The molecule has 3 aromatic rings. The summed E-state index contributed by atoms with van der Waals surface area (Å²) in [4.78, 5) is 15.8. The number of nitrogens with one attached hydrogen (secondary N) is 1. The van der Waals surface area contributed by atoms with Gasteiger partial charge < -0.3 is 9.84 Å². The molecule has 1 amide bonds. The third-order valence-electron chi connectivity index (χ3n) is 2.84. The van der Waals surface area contributed by atoms with E-state index < -0.39 is 5.91 Å². The quantitative estimate of drug-likeness (QED) is 0.785. The highest BCUT2D eigenvalue weighted by atomic mass is 19.1. The summed E-state index contributed by atoms with van der Waals surface area (Å²) < 4.78 is 19.5. The van der Waals surface area contributed by atoms with E-state index in [4.69, 9.17) is 4.52 Å². The Morgan fingerprint density at radius 1 is 1.39 bits per heavy atom. The van der Waals surface area contributed by atoms with Gasteiger partial charge in [0.15, 0.2) is 5.69 Å². The van der Waals surface area contributed by atoms with E-state index in [9.17, 15) is 9.18 Å². The zero-order valence-corrected chi connectivity index (χ0v) is 12.4. The van der Waals surface area contributed by atoms with Gasteiger partial charge in [-0.3, -0.25) is 4.79 Å². The maximum atomic E-state index is 13.2. The first-order valence-corrected chi connectivity index (χ1v) is 6.86. The van der Waals surface area contributed by atoms with Gasteiger partial charge in [-0.2, -0.15) is 4.98 Å². The molecule has 3 rings (SSSR count). The van der Waals surface area contributed by atoms with Gasteiger partial charge in [0.1, 0.15) is 5.82 Å². The van der Waals surface area contributed by atoms with Gasteiger partial charge in [-0.05, 0) is 32.0 Å². The number of hydrogen-bond donors (Lipinski definition) is 1. The van der Waals surface area contributed by atoms with Crippen LogP contribution in [0.15, 0.2) is 35.0 Å². The molecule has 0 saturated carbocycles. The first kappa shape index (κ1) is 14.8. The molecule has 23 heavy (non-hydrogen) atoms. The minimum Gasteiger partial charge on any atom is -0.346 e. The summed E-state index contributed by atoms with van der Waals surface area (Å²) in [7, 11) is 0. The Bertz CT molecular complexity index is 841. The van der Waals surface area contributed by atoms with Crippen molar-refractivity contribution in [2.75, 3.05) is 0 Å². The summed E-state index contributed by atoms with van der Waals surface area (Å²) in [6.45, 7) is 3.64. The van der Waals surface area contributed by atoms with Crippen molar-refractivity contribution < 1.29 is 13.7 Å². The van der Waals surface area contributed by atoms with Crippen LogP contribution in [0.4, 0.5) is 4.39 Å². The molecule has 0 aliphatic heterocycles. The Hall–Kier alpha value is -3.10. The molecule has 0 aliphatic rings. The maximum absolute atomic E-state index is 13.2. The molecule has 0 atom stereocenters. The Balaban J connectivity index is 1.84. The average Bonchev–Trinajstić information content (AvgIpc) is 3.16. The summed E-state index contributed by atoms with van der Waals surface area (Å²) in [6, 6.07) is 5.84. The predicted molar refractivity (Wildman–Crippen MR) is 77.2 cm³/mol. The fourth-order valence-electron chi connectivity index (χ4n) is 1.85. The highest BCUT2D eigenvalue weighted by Gasteiger charge is 2.18. The van der Waals surface area contributed by atoms with Crippen molar-refractivity contribution in [3.8, 4) is 17.2 Å². The summed E-state index contributed by atoms with van der Waals surface area (Å²) in [5, 5.41) is 14.1. The number of rotatable bonds is 4. The van der Waals surface area contributed by atoms with E-state index >= 15 is 0 Å². The Labute approximate surface area is 130 Å². The van der Waals surface area contributed by atoms with Crippen LogP contribution in [0, 0.1) is 5.82 Å². The van der Waals surface area contributed by atoms with Crippen LogP contribution in [-0.2, 0) is 0 Å². The van der Waals surface area contributed by atoms with Gasteiger partial charge in [0.25, 0.3) is 0 Å². The van der Waals surface area contributed by atoms with E-state index in [-0.39, 0.29) is 23.6 Å². The number of amides is 1. The minimum absolute atomic E-state index is 0.0493. The van der Waals surface area contributed by atoms with Crippen molar-refractivity contribution in [1.82, 2.24) is 30.5 Å². The number of carbonyl (C=O) groups excluding carboxylic acids is 1. The van der Waals surface area contributed by atoms with Gasteiger partial charge in [0, 0.05) is 6.04 Å². The van der Waals surface area contributed by atoms with Crippen molar-refractivity contribution in [3.63, 3.8) is 0 Å². The molecular weight excluding hydrogens is 303 g/mol. The number of nitrogens with zero attached hydrogens (tertiary/aromatic N) is 5.